The van der Waals surface area contributed by atoms with Crippen LogP contribution in [0.2, 0.25) is 0 Å². The van der Waals surface area contributed by atoms with E-state index in [0.717, 1.165) is 22.9 Å². The molecule has 1 atom stereocenters. The van der Waals surface area contributed by atoms with Crippen LogP contribution in [0.25, 0.3) is 0 Å². The highest BCUT2D eigenvalue weighted by molar-refractivity contribution is 9.10. The maximum Gasteiger partial charge on any atom is 0.316 e. The lowest BCUT2D eigenvalue weighted by Gasteiger charge is -2.32. The molecular weight excluding hydrogens is 377 g/mol. The van der Waals surface area contributed by atoms with Crippen molar-refractivity contribution in [3.63, 3.8) is 0 Å². The molecular formula is C17H17BrFN3O2. The molecule has 1 aliphatic rings. The summed E-state index contributed by atoms with van der Waals surface area (Å²) in [5, 5.41) is 0. The van der Waals surface area contributed by atoms with E-state index in [2.05, 4.69) is 25.9 Å². The Hall–Kier alpha value is -2.02. The summed E-state index contributed by atoms with van der Waals surface area (Å²) in [7, 11) is 0. The van der Waals surface area contributed by atoms with Crippen molar-refractivity contribution in [1.29, 1.82) is 0 Å². The van der Waals surface area contributed by atoms with Gasteiger partial charge in [-0.3, -0.25) is 4.79 Å². The van der Waals surface area contributed by atoms with Gasteiger partial charge in [0.25, 0.3) is 0 Å². The van der Waals surface area contributed by atoms with Crippen molar-refractivity contribution in [3.8, 4) is 6.01 Å². The highest BCUT2D eigenvalue weighted by atomic mass is 79.9. The zero-order chi connectivity index (χ0) is 16.9. The summed E-state index contributed by atoms with van der Waals surface area (Å²) in [6, 6.07) is 6.34. The van der Waals surface area contributed by atoms with E-state index in [4.69, 9.17) is 4.74 Å². The van der Waals surface area contributed by atoms with Crippen LogP contribution in [0.1, 0.15) is 18.4 Å². The third-order valence-electron chi connectivity index (χ3n) is 3.87. The smallest absolute Gasteiger partial charge is 0.316 e. The quantitative estimate of drug-likeness (QED) is 0.800. The SMILES string of the molecule is O=C(Cc1ccc(F)cc1)N1CCC[C@H](Oc2ncc(Br)cn2)C1. The minimum absolute atomic E-state index is 0.0200. The molecule has 3 rings (SSSR count). The molecule has 1 fully saturated rings. The Kier molecular flexibility index (Phi) is 5.40. The second-order valence-electron chi connectivity index (χ2n) is 5.71. The maximum absolute atomic E-state index is 12.9. The summed E-state index contributed by atoms with van der Waals surface area (Å²) in [6.45, 7) is 1.22. The number of likely N-dealkylation sites (tertiary alicyclic amines) is 1. The van der Waals surface area contributed by atoms with E-state index in [0.29, 0.717) is 19.1 Å². The van der Waals surface area contributed by atoms with Gasteiger partial charge >= 0.3 is 6.01 Å². The standard InChI is InChI=1S/C17H17BrFN3O2/c18-13-9-20-17(21-10-13)24-15-2-1-7-22(11-15)16(23)8-12-3-5-14(19)6-4-12/h3-6,9-10,15H,1-2,7-8,11H2/t15-/m0/s1. The molecule has 1 aromatic carbocycles. The number of aromatic nitrogens is 2. The third kappa shape index (κ3) is 4.50. The number of benzene rings is 1. The monoisotopic (exact) mass is 393 g/mol. The summed E-state index contributed by atoms with van der Waals surface area (Å²) in [6.07, 6.45) is 5.14. The van der Waals surface area contributed by atoms with Crippen molar-refractivity contribution in [3.05, 3.63) is 52.5 Å². The molecule has 0 spiro atoms. The Morgan fingerprint density at radius 1 is 1.29 bits per heavy atom. The lowest BCUT2D eigenvalue weighted by atomic mass is 10.1. The second kappa shape index (κ2) is 7.70. The molecule has 0 unspecified atom stereocenters. The molecule has 1 amide bonds. The van der Waals surface area contributed by atoms with Crippen LogP contribution >= 0.6 is 15.9 Å². The normalized spacial score (nSPS) is 17.6. The molecule has 5 nitrogen and oxygen atoms in total. The first-order chi connectivity index (χ1) is 11.6. The van der Waals surface area contributed by atoms with E-state index in [1.165, 1.54) is 12.1 Å². The van der Waals surface area contributed by atoms with E-state index in [-0.39, 0.29) is 24.2 Å². The van der Waals surface area contributed by atoms with Crippen LogP contribution in [-0.4, -0.2) is 40.0 Å². The Labute approximate surface area is 148 Å². The van der Waals surface area contributed by atoms with Gasteiger partial charge in [0.05, 0.1) is 17.4 Å². The Morgan fingerprint density at radius 2 is 2.00 bits per heavy atom. The second-order valence-corrected chi connectivity index (χ2v) is 6.62. The highest BCUT2D eigenvalue weighted by Gasteiger charge is 2.25. The predicted molar refractivity (Wildman–Crippen MR) is 90.1 cm³/mol. The lowest BCUT2D eigenvalue weighted by molar-refractivity contribution is -0.133. The lowest BCUT2D eigenvalue weighted by Crippen LogP contribution is -2.45. The molecule has 126 valence electrons. The van der Waals surface area contributed by atoms with E-state index in [9.17, 15) is 9.18 Å². The van der Waals surface area contributed by atoms with Crippen LogP contribution in [0.4, 0.5) is 4.39 Å². The maximum atomic E-state index is 12.9. The fourth-order valence-electron chi connectivity index (χ4n) is 2.66. The number of amides is 1. The summed E-state index contributed by atoms with van der Waals surface area (Å²) in [5.41, 5.74) is 0.806. The average Bonchev–Trinajstić information content (AvgIpc) is 2.59. The van der Waals surface area contributed by atoms with Crippen molar-refractivity contribution in [2.45, 2.75) is 25.4 Å². The van der Waals surface area contributed by atoms with E-state index in [1.54, 1.807) is 29.4 Å². The zero-order valence-electron chi connectivity index (χ0n) is 13.0. The number of nitrogens with zero attached hydrogens (tertiary/aromatic N) is 3. The van der Waals surface area contributed by atoms with E-state index >= 15 is 0 Å². The molecule has 0 N–H and O–H groups in total. The van der Waals surface area contributed by atoms with Crippen LogP contribution in [0.3, 0.4) is 0 Å². The van der Waals surface area contributed by atoms with Gasteiger partial charge in [0.15, 0.2) is 0 Å². The Balaban J connectivity index is 1.57. The Morgan fingerprint density at radius 3 is 2.71 bits per heavy atom. The molecule has 0 aliphatic carbocycles. The fraction of sp³-hybridized carbons (Fsp3) is 0.353. The van der Waals surface area contributed by atoms with Gasteiger partial charge in [-0.15, -0.1) is 0 Å². The number of carbonyl (C=O) groups is 1. The van der Waals surface area contributed by atoms with E-state index < -0.39 is 0 Å². The van der Waals surface area contributed by atoms with Crippen molar-refractivity contribution < 1.29 is 13.9 Å². The molecule has 0 saturated carbocycles. The molecule has 0 radical (unpaired) electrons. The highest BCUT2D eigenvalue weighted by Crippen LogP contribution is 2.17. The van der Waals surface area contributed by atoms with Gasteiger partial charge in [0, 0.05) is 18.9 Å². The van der Waals surface area contributed by atoms with Crippen LogP contribution in [0, 0.1) is 5.82 Å². The van der Waals surface area contributed by atoms with Crippen LogP contribution in [-0.2, 0) is 11.2 Å². The number of piperidine rings is 1. The van der Waals surface area contributed by atoms with Crippen molar-refractivity contribution >= 4 is 21.8 Å². The first-order valence-electron chi connectivity index (χ1n) is 7.76. The molecule has 2 aromatic rings. The number of hydrogen-bond donors (Lipinski definition) is 0. The first kappa shape index (κ1) is 16.8. The number of ether oxygens (including phenoxy) is 1. The fourth-order valence-corrected chi connectivity index (χ4v) is 2.86. The van der Waals surface area contributed by atoms with E-state index in [1.807, 2.05) is 0 Å². The molecule has 2 heterocycles. The number of hydrogen-bond acceptors (Lipinski definition) is 4. The van der Waals surface area contributed by atoms with Crippen molar-refractivity contribution in [2.24, 2.45) is 0 Å². The third-order valence-corrected chi connectivity index (χ3v) is 4.28. The molecule has 0 bridgehead atoms. The zero-order valence-corrected chi connectivity index (χ0v) is 14.6. The van der Waals surface area contributed by atoms with Gasteiger partial charge in [0.1, 0.15) is 11.9 Å². The topological polar surface area (TPSA) is 55.3 Å². The van der Waals surface area contributed by atoms with Crippen LogP contribution in [0.15, 0.2) is 41.1 Å². The first-order valence-corrected chi connectivity index (χ1v) is 8.56. The minimum atomic E-state index is -0.299. The molecule has 24 heavy (non-hydrogen) atoms. The number of carbonyl (C=O) groups excluding carboxylic acids is 1. The van der Waals surface area contributed by atoms with Gasteiger partial charge in [0.2, 0.25) is 5.91 Å². The van der Waals surface area contributed by atoms with Crippen LogP contribution < -0.4 is 4.74 Å². The summed E-state index contributed by atoms with van der Waals surface area (Å²) >= 11 is 3.28. The van der Waals surface area contributed by atoms with Gasteiger partial charge in [-0.25, -0.2) is 14.4 Å². The molecule has 1 aliphatic heterocycles. The molecule has 1 saturated heterocycles. The summed E-state index contributed by atoms with van der Waals surface area (Å²) in [4.78, 5) is 22.4. The number of rotatable bonds is 4. The minimum Gasteiger partial charge on any atom is -0.458 e. The van der Waals surface area contributed by atoms with Crippen molar-refractivity contribution in [2.75, 3.05) is 13.1 Å². The number of halogens is 2. The molecule has 1 aromatic heterocycles. The van der Waals surface area contributed by atoms with Gasteiger partial charge in [-0.1, -0.05) is 12.1 Å². The van der Waals surface area contributed by atoms with Crippen molar-refractivity contribution in [1.82, 2.24) is 14.9 Å². The summed E-state index contributed by atoms with van der Waals surface area (Å²) < 4.78 is 19.5. The van der Waals surface area contributed by atoms with Gasteiger partial charge in [-0.2, -0.15) is 0 Å². The Bertz CT molecular complexity index is 694. The van der Waals surface area contributed by atoms with Crippen LogP contribution in [0.5, 0.6) is 6.01 Å². The summed E-state index contributed by atoms with van der Waals surface area (Å²) in [5.74, 6) is -0.279. The van der Waals surface area contributed by atoms with Gasteiger partial charge in [-0.05, 0) is 46.5 Å². The average molecular weight is 394 g/mol. The van der Waals surface area contributed by atoms with Gasteiger partial charge < -0.3 is 9.64 Å². The predicted octanol–water partition coefficient (Wildman–Crippen LogP) is 2.99. The largest absolute Gasteiger partial charge is 0.458 e. The molecule has 7 heteroatoms.